The van der Waals surface area contributed by atoms with Crippen molar-refractivity contribution in [1.82, 2.24) is 5.43 Å². The van der Waals surface area contributed by atoms with Crippen molar-refractivity contribution in [2.24, 2.45) is 5.10 Å². The van der Waals surface area contributed by atoms with Crippen LogP contribution in [0.3, 0.4) is 0 Å². The van der Waals surface area contributed by atoms with E-state index in [4.69, 9.17) is 13.9 Å². The van der Waals surface area contributed by atoms with Gasteiger partial charge in [0.1, 0.15) is 5.58 Å². The minimum Gasteiger partial charge on any atom is -0.493 e. The summed E-state index contributed by atoms with van der Waals surface area (Å²) in [5.41, 5.74) is 3.32. The van der Waals surface area contributed by atoms with Gasteiger partial charge in [0.05, 0.1) is 28.8 Å². The van der Waals surface area contributed by atoms with E-state index >= 15 is 0 Å². The number of furan rings is 1. The van der Waals surface area contributed by atoms with Gasteiger partial charge in [-0.3, -0.25) is 14.9 Å². The van der Waals surface area contributed by atoms with E-state index in [9.17, 15) is 14.9 Å². The van der Waals surface area contributed by atoms with Gasteiger partial charge in [-0.05, 0) is 59.1 Å². The Labute approximate surface area is 186 Å². The van der Waals surface area contributed by atoms with Crippen LogP contribution in [0.1, 0.15) is 36.4 Å². The summed E-state index contributed by atoms with van der Waals surface area (Å²) < 4.78 is 17.4. The van der Waals surface area contributed by atoms with E-state index in [1.807, 2.05) is 13.8 Å². The third kappa shape index (κ3) is 5.21. The van der Waals surface area contributed by atoms with Crippen LogP contribution in [0.5, 0.6) is 11.5 Å². The Kier molecular flexibility index (Phi) is 6.91. The molecule has 162 valence electrons. The fourth-order valence-corrected chi connectivity index (χ4v) is 3.24. The van der Waals surface area contributed by atoms with E-state index < -0.39 is 10.8 Å². The predicted molar refractivity (Wildman–Crippen MR) is 119 cm³/mol. The number of nitro groups is 1. The number of nitrogens with one attached hydrogen (secondary N) is 1. The van der Waals surface area contributed by atoms with Crippen molar-refractivity contribution in [3.8, 4) is 11.5 Å². The highest BCUT2D eigenvalue weighted by Crippen LogP contribution is 2.37. The van der Waals surface area contributed by atoms with Gasteiger partial charge in [-0.25, -0.2) is 5.43 Å². The summed E-state index contributed by atoms with van der Waals surface area (Å²) in [4.78, 5) is 22.7. The van der Waals surface area contributed by atoms with E-state index in [1.165, 1.54) is 30.5 Å². The summed E-state index contributed by atoms with van der Waals surface area (Å²) in [5.74, 6) is 0.525. The molecule has 0 radical (unpaired) electrons. The maximum absolute atomic E-state index is 12.3. The number of ether oxygens (including phenoxy) is 2. The Bertz CT molecular complexity index is 1160. The third-order valence-electron chi connectivity index (χ3n) is 4.46. The van der Waals surface area contributed by atoms with Gasteiger partial charge >= 0.3 is 5.91 Å². The van der Waals surface area contributed by atoms with Gasteiger partial charge in [0.2, 0.25) is 0 Å². The first kappa shape index (κ1) is 22.3. The maximum atomic E-state index is 12.3. The number of nitrogens with zero attached hydrogens (tertiary/aromatic N) is 2. The summed E-state index contributed by atoms with van der Waals surface area (Å²) in [6, 6.07) is 9.04. The lowest BCUT2D eigenvalue weighted by Gasteiger charge is -2.17. The molecular formula is C21H20BrN3O6. The number of hydrogen-bond acceptors (Lipinski definition) is 7. The summed E-state index contributed by atoms with van der Waals surface area (Å²) in [6.45, 7) is 3.99. The van der Waals surface area contributed by atoms with Crippen LogP contribution in [0.2, 0.25) is 0 Å². The molecule has 0 aliphatic rings. The molecule has 3 rings (SSSR count). The Morgan fingerprint density at radius 2 is 2.13 bits per heavy atom. The molecule has 0 unspecified atom stereocenters. The number of benzene rings is 2. The van der Waals surface area contributed by atoms with Crippen LogP contribution < -0.4 is 14.9 Å². The fraction of sp³-hybridized carbons (Fsp3) is 0.238. The molecule has 0 aliphatic carbocycles. The van der Waals surface area contributed by atoms with Crippen LogP contribution in [0, 0.1) is 10.1 Å². The zero-order valence-corrected chi connectivity index (χ0v) is 18.6. The van der Waals surface area contributed by atoms with E-state index in [-0.39, 0.29) is 17.6 Å². The van der Waals surface area contributed by atoms with Crippen LogP contribution in [0.15, 0.2) is 50.4 Å². The van der Waals surface area contributed by atoms with Crippen LogP contribution in [0.4, 0.5) is 5.69 Å². The fourth-order valence-electron chi connectivity index (χ4n) is 2.69. The lowest BCUT2D eigenvalue weighted by atomic mass is 10.2. The smallest absolute Gasteiger partial charge is 0.307 e. The topological polar surface area (TPSA) is 116 Å². The summed E-state index contributed by atoms with van der Waals surface area (Å²) >= 11 is 3.47. The molecule has 0 saturated heterocycles. The Morgan fingerprint density at radius 1 is 1.35 bits per heavy atom. The van der Waals surface area contributed by atoms with Crippen molar-refractivity contribution in [3.63, 3.8) is 0 Å². The van der Waals surface area contributed by atoms with Crippen molar-refractivity contribution in [2.45, 2.75) is 26.4 Å². The molecule has 1 N–H and O–H groups in total. The molecule has 1 aromatic heterocycles. The average molecular weight is 490 g/mol. The number of non-ortho nitro benzene ring substituents is 1. The first-order valence-corrected chi connectivity index (χ1v) is 10.2. The quantitative estimate of drug-likeness (QED) is 0.268. The van der Waals surface area contributed by atoms with Gasteiger partial charge in [0.15, 0.2) is 17.3 Å². The van der Waals surface area contributed by atoms with Gasteiger partial charge in [0, 0.05) is 17.5 Å². The van der Waals surface area contributed by atoms with Crippen LogP contribution >= 0.6 is 15.9 Å². The minimum atomic E-state index is -0.585. The number of rotatable bonds is 8. The molecule has 0 aliphatic heterocycles. The number of carbonyl (C=O) groups excluding carboxylic acids is 1. The average Bonchev–Trinajstić information content (AvgIpc) is 3.18. The zero-order chi connectivity index (χ0) is 22.5. The Hall–Kier alpha value is -3.40. The molecule has 0 saturated carbocycles. The first-order valence-electron chi connectivity index (χ1n) is 9.38. The maximum Gasteiger partial charge on any atom is 0.307 e. The van der Waals surface area contributed by atoms with Crippen molar-refractivity contribution in [3.05, 3.63) is 62.3 Å². The van der Waals surface area contributed by atoms with Crippen LogP contribution in [-0.4, -0.2) is 30.3 Å². The first-order chi connectivity index (χ1) is 14.8. The SMILES string of the molecule is CC[C@H](C)Oc1c(Br)cc(/C=N\NC(=O)c2cc3cc([N+](=O)[O-])ccc3o2)cc1OC. The summed E-state index contributed by atoms with van der Waals surface area (Å²) in [7, 11) is 1.54. The lowest BCUT2D eigenvalue weighted by Crippen LogP contribution is -2.16. The molecule has 31 heavy (non-hydrogen) atoms. The number of amides is 1. The normalized spacial score (nSPS) is 12.1. The summed E-state index contributed by atoms with van der Waals surface area (Å²) in [5, 5.41) is 15.3. The predicted octanol–water partition coefficient (Wildman–Crippen LogP) is 5.05. The third-order valence-corrected chi connectivity index (χ3v) is 5.05. The number of hydrazone groups is 1. The molecule has 1 atom stereocenters. The van der Waals surface area contributed by atoms with E-state index in [0.717, 1.165) is 6.42 Å². The second-order valence-corrected chi connectivity index (χ2v) is 7.51. The molecule has 2 aromatic carbocycles. The van der Waals surface area contributed by atoms with Crippen molar-refractivity contribution in [1.29, 1.82) is 0 Å². The summed E-state index contributed by atoms with van der Waals surface area (Å²) in [6.07, 6.45) is 2.32. The van der Waals surface area contributed by atoms with Crippen LogP contribution in [0.25, 0.3) is 11.0 Å². The Balaban J connectivity index is 1.74. The zero-order valence-electron chi connectivity index (χ0n) is 17.0. The Morgan fingerprint density at radius 3 is 2.81 bits per heavy atom. The number of fused-ring (bicyclic) bond motifs is 1. The van der Waals surface area contributed by atoms with Crippen molar-refractivity contribution in [2.75, 3.05) is 7.11 Å². The number of nitro benzene ring substituents is 1. The molecule has 0 fully saturated rings. The van der Waals surface area contributed by atoms with Crippen molar-refractivity contribution >= 4 is 44.7 Å². The van der Waals surface area contributed by atoms with Crippen LogP contribution in [-0.2, 0) is 0 Å². The molecule has 1 amide bonds. The monoisotopic (exact) mass is 489 g/mol. The van der Waals surface area contributed by atoms with Gasteiger partial charge in [-0.2, -0.15) is 5.10 Å². The molecular weight excluding hydrogens is 470 g/mol. The molecule has 9 nitrogen and oxygen atoms in total. The molecule has 10 heteroatoms. The van der Waals surface area contributed by atoms with Gasteiger partial charge in [0.25, 0.3) is 5.69 Å². The molecule has 3 aromatic rings. The minimum absolute atomic E-state index is 0.0105. The molecule has 0 spiro atoms. The number of halogens is 1. The highest BCUT2D eigenvalue weighted by molar-refractivity contribution is 9.10. The standard InChI is InChI=1S/C21H20BrN3O6/c1-4-12(2)30-20-16(22)7-13(8-18(20)29-3)11-23-24-21(26)19-10-14-9-15(25(27)28)5-6-17(14)31-19/h5-12H,4H2,1-3H3,(H,24,26)/b23-11-/t12-/m0/s1. The van der Waals surface area contributed by atoms with E-state index in [0.29, 0.717) is 32.5 Å². The lowest BCUT2D eigenvalue weighted by molar-refractivity contribution is -0.384. The second-order valence-electron chi connectivity index (χ2n) is 6.66. The molecule has 1 heterocycles. The number of methoxy groups -OCH3 is 1. The highest BCUT2D eigenvalue weighted by atomic mass is 79.9. The highest BCUT2D eigenvalue weighted by Gasteiger charge is 2.16. The molecule has 0 bridgehead atoms. The van der Waals surface area contributed by atoms with E-state index in [2.05, 4.69) is 26.5 Å². The van der Waals surface area contributed by atoms with E-state index in [1.54, 1.807) is 19.2 Å². The van der Waals surface area contributed by atoms with Crippen molar-refractivity contribution < 1.29 is 23.6 Å². The van der Waals surface area contributed by atoms with Gasteiger partial charge in [-0.1, -0.05) is 6.92 Å². The number of hydrogen-bond donors (Lipinski definition) is 1. The van der Waals surface area contributed by atoms with Gasteiger partial charge < -0.3 is 13.9 Å². The second kappa shape index (κ2) is 9.61. The van der Waals surface area contributed by atoms with Gasteiger partial charge in [-0.15, -0.1) is 0 Å². The largest absolute Gasteiger partial charge is 0.493 e. The number of carbonyl (C=O) groups is 1.